The van der Waals surface area contributed by atoms with Crippen molar-refractivity contribution in [1.82, 2.24) is 9.62 Å². The zero-order chi connectivity index (χ0) is 35.4. The van der Waals surface area contributed by atoms with Gasteiger partial charge in [-0.3, -0.25) is 0 Å². The molecular weight excluding hydrogens is 678 g/mol. The molecule has 3 aromatic rings. The number of amides is 1. The van der Waals surface area contributed by atoms with Gasteiger partial charge in [0.25, 0.3) is 0 Å². The van der Waals surface area contributed by atoms with E-state index in [4.69, 9.17) is 28.4 Å². The van der Waals surface area contributed by atoms with Crippen LogP contribution in [0.1, 0.15) is 31.4 Å². The van der Waals surface area contributed by atoms with E-state index in [1.165, 1.54) is 34.6 Å². The van der Waals surface area contributed by atoms with Gasteiger partial charge in [-0.1, -0.05) is 26.0 Å². The number of halogens is 2. The van der Waals surface area contributed by atoms with Crippen LogP contribution in [-0.2, 0) is 37.3 Å². The highest BCUT2D eigenvalue weighted by atomic mass is 32.2. The number of rotatable bonds is 14. The summed E-state index contributed by atoms with van der Waals surface area (Å²) in [5.74, 6) is -0.444. The molecule has 1 unspecified atom stereocenters. The van der Waals surface area contributed by atoms with E-state index in [-0.39, 0.29) is 56.2 Å². The Morgan fingerprint density at radius 1 is 0.980 bits per heavy atom. The largest absolute Gasteiger partial charge is 0.489 e. The van der Waals surface area contributed by atoms with Crippen molar-refractivity contribution in [3.8, 4) is 17.2 Å². The van der Waals surface area contributed by atoms with Crippen LogP contribution >= 0.6 is 0 Å². The highest BCUT2D eigenvalue weighted by molar-refractivity contribution is 7.89. The molecule has 0 aliphatic carbocycles. The Kier molecular flexibility index (Phi) is 11.1. The lowest BCUT2D eigenvalue weighted by Gasteiger charge is -2.31. The molecule has 0 aromatic heterocycles. The van der Waals surface area contributed by atoms with Crippen molar-refractivity contribution in [2.45, 2.75) is 62.7 Å². The summed E-state index contributed by atoms with van der Waals surface area (Å²) >= 11 is 0. The van der Waals surface area contributed by atoms with Gasteiger partial charge in [-0.25, -0.2) is 22.0 Å². The third-order valence-corrected chi connectivity index (χ3v) is 10.5. The van der Waals surface area contributed by atoms with Crippen molar-refractivity contribution in [2.24, 2.45) is 11.8 Å². The third-order valence-electron chi connectivity index (χ3n) is 8.66. The molecule has 1 amide bonds. The summed E-state index contributed by atoms with van der Waals surface area (Å²) < 4.78 is 89.4. The first-order chi connectivity index (χ1) is 23.9. The number of aliphatic hydroxyl groups excluding tert-OH is 1. The number of fused-ring (bicyclic) bond motifs is 2. The summed E-state index contributed by atoms with van der Waals surface area (Å²) in [6.07, 6.45) is -2.34. The normalized spacial score (nSPS) is 20.9. The molecule has 3 aliphatic heterocycles. The minimum Gasteiger partial charge on any atom is -0.489 e. The topological polar surface area (TPSA) is 142 Å². The van der Waals surface area contributed by atoms with Crippen LogP contribution in [0.4, 0.5) is 13.6 Å². The SMILES string of the molecule is CC(C)CN(C[C@H](O)[C@H](Cc1ccc(OCc2cc(F)cc(F)c2)cc1)NC(=O)OC1CO[C@@H]2OCC[C@H]12)S(=O)(=O)c1ccc2c(c1)OCO2. The first-order valence-corrected chi connectivity index (χ1v) is 17.8. The fourth-order valence-corrected chi connectivity index (χ4v) is 7.83. The number of carbonyl (C=O) groups excluding carboxylic acids is 1. The average Bonchev–Trinajstić information content (AvgIpc) is 3.82. The van der Waals surface area contributed by atoms with E-state index in [1.54, 1.807) is 24.3 Å². The number of nitrogens with one attached hydrogen (secondary N) is 1. The van der Waals surface area contributed by atoms with Gasteiger partial charge in [0.1, 0.15) is 30.1 Å². The van der Waals surface area contributed by atoms with E-state index in [1.807, 2.05) is 13.8 Å². The van der Waals surface area contributed by atoms with Crippen LogP contribution in [0, 0.1) is 23.5 Å². The lowest BCUT2D eigenvalue weighted by Crippen LogP contribution is -2.51. The maximum Gasteiger partial charge on any atom is 0.407 e. The number of hydrogen-bond acceptors (Lipinski definition) is 10. The first kappa shape index (κ1) is 35.8. The monoisotopic (exact) mass is 718 g/mol. The maximum atomic E-state index is 13.9. The van der Waals surface area contributed by atoms with E-state index in [2.05, 4.69) is 5.32 Å². The molecule has 0 radical (unpaired) electrons. The Balaban J connectivity index is 1.18. The van der Waals surface area contributed by atoms with Crippen LogP contribution in [0.5, 0.6) is 17.2 Å². The van der Waals surface area contributed by atoms with Crippen molar-refractivity contribution in [2.75, 3.05) is 33.1 Å². The molecule has 15 heteroatoms. The quantitative estimate of drug-likeness (QED) is 0.247. The summed E-state index contributed by atoms with van der Waals surface area (Å²) in [5.41, 5.74) is 1.00. The van der Waals surface area contributed by atoms with Gasteiger partial charge >= 0.3 is 6.09 Å². The van der Waals surface area contributed by atoms with E-state index < -0.39 is 52.3 Å². The van der Waals surface area contributed by atoms with Crippen LogP contribution in [0.3, 0.4) is 0 Å². The minimum absolute atomic E-state index is 0.0157. The molecule has 0 spiro atoms. The molecule has 3 aliphatic rings. The summed E-state index contributed by atoms with van der Waals surface area (Å²) in [6.45, 7) is 4.07. The number of sulfonamides is 1. The maximum absolute atomic E-state index is 13.9. The molecule has 2 saturated heterocycles. The van der Waals surface area contributed by atoms with Gasteiger partial charge < -0.3 is 38.8 Å². The zero-order valence-corrected chi connectivity index (χ0v) is 28.4. The zero-order valence-electron chi connectivity index (χ0n) is 27.6. The fraction of sp³-hybridized carbons (Fsp3) is 0.457. The molecule has 12 nitrogen and oxygen atoms in total. The average molecular weight is 719 g/mol. The van der Waals surface area contributed by atoms with Crippen molar-refractivity contribution >= 4 is 16.1 Å². The van der Waals surface area contributed by atoms with Gasteiger partial charge in [0.15, 0.2) is 17.8 Å². The molecule has 2 fully saturated rings. The van der Waals surface area contributed by atoms with E-state index in [9.17, 15) is 27.1 Å². The van der Waals surface area contributed by atoms with Crippen LogP contribution in [0.15, 0.2) is 65.6 Å². The molecule has 5 atom stereocenters. The van der Waals surface area contributed by atoms with Gasteiger partial charge in [-0.2, -0.15) is 4.31 Å². The van der Waals surface area contributed by atoms with Gasteiger partial charge in [0, 0.05) is 25.2 Å². The van der Waals surface area contributed by atoms with Crippen LogP contribution in [0.25, 0.3) is 0 Å². The lowest BCUT2D eigenvalue weighted by molar-refractivity contribution is -0.0907. The van der Waals surface area contributed by atoms with Gasteiger partial charge in [-0.15, -0.1) is 0 Å². The van der Waals surface area contributed by atoms with Crippen molar-refractivity contribution in [3.05, 3.63) is 83.4 Å². The van der Waals surface area contributed by atoms with Crippen LogP contribution < -0.4 is 19.5 Å². The summed E-state index contributed by atoms with van der Waals surface area (Å²) in [4.78, 5) is 13.2. The first-order valence-electron chi connectivity index (χ1n) is 16.4. The highest BCUT2D eigenvalue weighted by Gasteiger charge is 2.44. The van der Waals surface area contributed by atoms with Crippen LogP contribution in [0.2, 0.25) is 0 Å². The predicted octanol–water partition coefficient (Wildman–Crippen LogP) is 4.38. The number of ether oxygens (including phenoxy) is 6. The lowest BCUT2D eigenvalue weighted by atomic mass is 10.0. The molecule has 50 heavy (non-hydrogen) atoms. The Hall–Kier alpha value is -4.02. The van der Waals surface area contributed by atoms with E-state index in [0.29, 0.717) is 41.4 Å². The molecular formula is C35H40F2N2O10S. The van der Waals surface area contributed by atoms with E-state index >= 15 is 0 Å². The Labute approximate surface area is 289 Å². The second kappa shape index (κ2) is 15.5. The highest BCUT2D eigenvalue weighted by Crippen LogP contribution is 2.35. The molecule has 3 aromatic carbocycles. The smallest absolute Gasteiger partial charge is 0.407 e. The van der Waals surface area contributed by atoms with Crippen molar-refractivity contribution in [1.29, 1.82) is 0 Å². The second-order valence-electron chi connectivity index (χ2n) is 12.9. The standard InChI is InChI=1S/C35H40F2N2O10S/c1-21(2)16-39(50(42,43)27-7-8-31-32(15-27)48-20-47-31)17-30(40)29(38-35(41)49-33-19-46-34-28(33)9-10-44-34)13-22-3-5-26(6-4-22)45-18-23-11-24(36)14-25(37)12-23/h3-8,11-12,14-15,21,28-30,33-34,40H,9-10,13,16-20H2,1-2H3,(H,38,41)/t28-,29+,30+,33?,34+/m1/s1. The number of carbonyl (C=O) groups is 1. The van der Waals surface area contributed by atoms with Crippen molar-refractivity contribution < 1.29 is 55.5 Å². The fourth-order valence-electron chi connectivity index (χ4n) is 6.19. The molecule has 0 bridgehead atoms. The molecule has 6 rings (SSSR count). The Morgan fingerprint density at radius 3 is 2.46 bits per heavy atom. The second-order valence-corrected chi connectivity index (χ2v) is 14.9. The minimum atomic E-state index is -4.12. The van der Waals surface area contributed by atoms with Gasteiger partial charge in [-0.05, 0) is 66.3 Å². The molecule has 3 heterocycles. The van der Waals surface area contributed by atoms with E-state index in [0.717, 1.165) is 6.07 Å². The molecule has 0 saturated carbocycles. The molecule has 2 N–H and O–H groups in total. The summed E-state index contributed by atoms with van der Waals surface area (Å²) in [6, 6.07) is 13.2. The number of alkyl carbamates (subject to hydrolysis) is 1. The summed E-state index contributed by atoms with van der Waals surface area (Å²) in [7, 11) is -4.12. The molecule has 270 valence electrons. The Bertz CT molecular complexity index is 1740. The van der Waals surface area contributed by atoms with Gasteiger partial charge in [0.2, 0.25) is 16.8 Å². The number of hydrogen-bond donors (Lipinski definition) is 2. The summed E-state index contributed by atoms with van der Waals surface area (Å²) in [5, 5.41) is 14.4. The number of benzene rings is 3. The Morgan fingerprint density at radius 2 is 1.72 bits per heavy atom. The predicted molar refractivity (Wildman–Crippen MR) is 174 cm³/mol. The number of nitrogens with zero attached hydrogens (tertiary/aromatic N) is 1. The third kappa shape index (κ3) is 8.64. The van der Waals surface area contributed by atoms with Crippen LogP contribution in [-0.4, -0.2) is 81.6 Å². The number of aliphatic hydroxyl groups is 1. The van der Waals surface area contributed by atoms with Crippen molar-refractivity contribution in [3.63, 3.8) is 0 Å². The van der Waals surface area contributed by atoms with Gasteiger partial charge in [0.05, 0.1) is 36.2 Å².